The second-order valence-corrected chi connectivity index (χ2v) is 15.2. The molecule has 1 aliphatic rings. The summed E-state index contributed by atoms with van der Waals surface area (Å²) in [5, 5.41) is 12.8. The van der Waals surface area contributed by atoms with Crippen molar-refractivity contribution in [2.75, 3.05) is 10.6 Å². The maximum absolute atomic E-state index is 13.7. The van der Waals surface area contributed by atoms with E-state index in [4.69, 9.17) is 44.4 Å². The van der Waals surface area contributed by atoms with Gasteiger partial charge in [0.25, 0.3) is 11.8 Å². The van der Waals surface area contributed by atoms with Crippen LogP contribution in [0.15, 0.2) is 121 Å². The van der Waals surface area contributed by atoms with Crippen LogP contribution in [0.2, 0.25) is 15.1 Å². The Labute approximate surface area is 390 Å². The molecule has 67 heavy (non-hydrogen) atoms. The fourth-order valence-corrected chi connectivity index (χ4v) is 6.19. The van der Waals surface area contributed by atoms with Crippen molar-refractivity contribution in [3.05, 3.63) is 182 Å². The van der Waals surface area contributed by atoms with E-state index in [2.05, 4.69) is 20.8 Å². The van der Waals surface area contributed by atoms with Gasteiger partial charge in [0.05, 0.1) is 16.3 Å². The molecule has 0 bridgehead atoms. The Morgan fingerprint density at radius 3 is 1.70 bits per heavy atom. The van der Waals surface area contributed by atoms with Gasteiger partial charge in [0.15, 0.2) is 0 Å². The number of halogens is 10. The number of anilines is 2. The van der Waals surface area contributed by atoms with E-state index in [0.717, 1.165) is 72.1 Å². The number of benzene rings is 5. The topological polar surface area (TPSA) is 160 Å². The van der Waals surface area contributed by atoms with Crippen molar-refractivity contribution in [2.24, 2.45) is 11.1 Å². The minimum absolute atomic E-state index is 0.0109. The number of urea groups is 2. The number of nitrogens with zero attached hydrogens (tertiary/aromatic N) is 2. The fourth-order valence-electron chi connectivity index (χ4n) is 5.71. The zero-order valence-corrected chi connectivity index (χ0v) is 36.1. The SMILES string of the molecule is O=C(NC(=O)c1c(F)cccc1F)Nc1ccc(CO/N=C(/c2ccc(Cl)cc2)C2CC2)cc1.O=C(NC(=O)c1c(F)cccc1F)Nc1ccc(Cl)c(Oc2ncc(C(F)(F)F)cc2Cl)c1. The highest BCUT2D eigenvalue weighted by Gasteiger charge is 2.32. The van der Waals surface area contributed by atoms with Gasteiger partial charge in [0, 0.05) is 34.6 Å². The van der Waals surface area contributed by atoms with Gasteiger partial charge in [-0.15, -0.1) is 0 Å². The van der Waals surface area contributed by atoms with Crippen LogP contribution in [0.1, 0.15) is 50.2 Å². The molecule has 4 N–H and O–H groups in total. The molecule has 22 heteroatoms. The van der Waals surface area contributed by atoms with Crippen LogP contribution < -0.4 is 26.0 Å². The molecule has 0 radical (unpaired) electrons. The number of imide groups is 2. The second-order valence-electron chi connectivity index (χ2n) is 14.0. The molecule has 346 valence electrons. The van der Waals surface area contributed by atoms with Gasteiger partial charge in [-0.25, -0.2) is 32.1 Å². The van der Waals surface area contributed by atoms with Crippen LogP contribution in [0.25, 0.3) is 0 Å². The van der Waals surface area contributed by atoms with Crippen molar-refractivity contribution in [3.8, 4) is 11.6 Å². The van der Waals surface area contributed by atoms with Crippen molar-refractivity contribution in [3.63, 3.8) is 0 Å². The highest BCUT2D eigenvalue weighted by Crippen LogP contribution is 2.38. The number of nitrogens with one attached hydrogen (secondary N) is 4. The average Bonchev–Trinajstić information content (AvgIpc) is 4.11. The average molecular weight is 990 g/mol. The molecular formula is C45H30Cl3F7N6O6. The monoisotopic (exact) mass is 988 g/mol. The van der Waals surface area contributed by atoms with Gasteiger partial charge >= 0.3 is 18.2 Å². The standard InChI is InChI=1S/C25H20ClF2N3O3.C20H10Cl2F5N3O3/c26-18-10-8-17(9-11-18)23(16-6-7-16)31-34-14-15-4-12-19(13-5-15)29-25(33)30-24(32)22-20(27)2-1-3-21(22)28;21-11-5-4-10(29-19(32)30-17(31)16-13(23)2-1-3-14(16)24)7-15(11)33-18-12(22)6-9(8-28-18)20(25,26)27/h1-5,8-13,16H,6-7,14H2,(H2,29,30,32,33);1-8H,(H2,29,30,31,32)/b31-23+;. The molecule has 1 aromatic heterocycles. The van der Waals surface area contributed by atoms with Crippen LogP contribution in [0.3, 0.4) is 0 Å². The predicted octanol–water partition coefficient (Wildman–Crippen LogP) is 12.4. The van der Waals surface area contributed by atoms with Crippen molar-refractivity contribution < 1.29 is 59.5 Å². The molecule has 1 aliphatic carbocycles. The summed E-state index contributed by atoms with van der Waals surface area (Å²) in [5.74, 6) is -7.10. The van der Waals surface area contributed by atoms with Crippen molar-refractivity contribution in [1.29, 1.82) is 0 Å². The number of hydrogen-bond acceptors (Lipinski definition) is 8. The van der Waals surface area contributed by atoms with E-state index >= 15 is 0 Å². The lowest BCUT2D eigenvalue weighted by Gasteiger charge is -2.12. The largest absolute Gasteiger partial charge is 0.436 e. The van der Waals surface area contributed by atoms with Gasteiger partial charge in [-0.3, -0.25) is 20.2 Å². The van der Waals surface area contributed by atoms with E-state index in [1.807, 2.05) is 29.6 Å². The maximum Gasteiger partial charge on any atom is 0.417 e. The first-order valence-electron chi connectivity index (χ1n) is 19.2. The zero-order valence-electron chi connectivity index (χ0n) is 33.8. The van der Waals surface area contributed by atoms with Crippen molar-refractivity contribution in [1.82, 2.24) is 15.6 Å². The van der Waals surface area contributed by atoms with Gasteiger partial charge in [-0.1, -0.05) is 76.4 Å². The lowest BCUT2D eigenvalue weighted by Crippen LogP contribution is -2.35. The van der Waals surface area contributed by atoms with Crippen LogP contribution >= 0.6 is 34.8 Å². The number of pyridine rings is 1. The molecule has 1 fully saturated rings. The highest BCUT2D eigenvalue weighted by molar-refractivity contribution is 6.33. The van der Waals surface area contributed by atoms with E-state index < -0.39 is 80.9 Å². The third-order valence-corrected chi connectivity index (χ3v) is 9.91. The quantitative estimate of drug-likeness (QED) is 0.0571. The number of amides is 6. The lowest BCUT2D eigenvalue weighted by atomic mass is 10.1. The van der Waals surface area contributed by atoms with Crippen LogP contribution in [0.5, 0.6) is 11.6 Å². The Kier molecular flexibility index (Phi) is 16.0. The summed E-state index contributed by atoms with van der Waals surface area (Å²) in [6.45, 7) is 0.224. The number of carbonyl (C=O) groups excluding carboxylic acids is 4. The summed E-state index contributed by atoms with van der Waals surface area (Å²) in [6.07, 6.45) is -2.01. The third kappa shape index (κ3) is 13.7. The number of ether oxygens (including phenoxy) is 1. The summed E-state index contributed by atoms with van der Waals surface area (Å²) in [5.41, 5.74) is 0.207. The van der Waals surface area contributed by atoms with Gasteiger partial charge < -0.3 is 20.2 Å². The minimum Gasteiger partial charge on any atom is -0.436 e. The summed E-state index contributed by atoms with van der Waals surface area (Å²) in [7, 11) is 0. The lowest BCUT2D eigenvalue weighted by molar-refractivity contribution is -0.137. The molecule has 0 spiro atoms. The van der Waals surface area contributed by atoms with Crippen molar-refractivity contribution in [2.45, 2.75) is 25.6 Å². The Hall–Kier alpha value is -7.22. The number of carbonyl (C=O) groups is 4. The molecule has 0 aliphatic heterocycles. The smallest absolute Gasteiger partial charge is 0.417 e. The molecule has 1 heterocycles. The van der Waals surface area contributed by atoms with Crippen LogP contribution in [-0.2, 0) is 17.6 Å². The van der Waals surface area contributed by atoms with Crippen LogP contribution in [0.4, 0.5) is 51.7 Å². The number of rotatable bonds is 11. The predicted molar refractivity (Wildman–Crippen MR) is 233 cm³/mol. The number of hydrogen-bond donors (Lipinski definition) is 4. The molecule has 7 rings (SSSR count). The molecule has 0 saturated heterocycles. The van der Waals surface area contributed by atoms with E-state index in [1.54, 1.807) is 29.6 Å². The summed E-state index contributed by atoms with van der Waals surface area (Å²) in [4.78, 5) is 57.1. The summed E-state index contributed by atoms with van der Waals surface area (Å²) < 4.78 is 98.2. The first-order chi connectivity index (χ1) is 31.9. The summed E-state index contributed by atoms with van der Waals surface area (Å²) in [6, 6.07) is 22.1. The number of oxime groups is 1. The number of aromatic nitrogens is 1. The fraction of sp³-hybridized carbons (Fsp3) is 0.111. The number of alkyl halides is 3. The Morgan fingerprint density at radius 2 is 1.19 bits per heavy atom. The Balaban J connectivity index is 0.000000221. The van der Waals surface area contributed by atoms with Crippen LogP contribution in [0, 0.1) is 29.2 Å². The van der Waals surface area contributed by atoms with Crippen LogP contribution in [-0.4, -0.2) is 34.6 Å². The molecule has 5 aromatic carbocycles. The molecular weight excluding hydrogens is 960 g/mol. The van der Waals surface area contributed by atoms with Crippen molar-refractivity contribution >= 4 is 75.8 Å². The van der Waals surface area contributed by atoms with E-state index in [1.165, 1.54) is 12.1 Å². The molecule has 6 amide bonds. The van der Waals surface area contributed by atoms with Gasteiger partial charge in [0.2, 0.25) is 5.88 Å². The molecule has 12 nitrogen and oxygen atoms in total. The zero-order chi connectivity index (χ0) is 48.4. The first-order valence-corrected chi connectivity index (χ1v) is 20.4. The van der Waals surface area contributed by atoms with E-state index in [0.29, 0.717) is 28.9 Å². The summed E-state index contributed by atoms with van der Waals surface area (Å²) >= 11 is 17.7. The Bertz CT molecular complexity index is 2810. The molecule has 0 unspecified atom stereocenters. The van der Waals surface area contributed by atoms with Gasteiger partial charge in [-0.05, 0) is 90.7 Å². The second kappa shape index (κ2) is 21.8. The van der Waals surface area contributed by atoms with Gasteiger partial charge in [0.1, 0.15) is 51.8 Å². The van der Waals surface area contributed by atoms with E-state index in [-0.39, 0.29) is 23.1 Å². The van der Waals surface area contributed by atoms with E-state index in [9.17, 15) is 49.9 Å². The Morgan fingerprint density at radius 1 is 0.672 bits per heavy atom. The first kappa shape index (κ1) is 49.2. The molecule has 6 aromatic rings. The van der Waals surface area contributed by atoms with Gasteiger partial charge in [-0.2, -0.15) is 13.2 Å². The highest BCUT2D eigenvalue weighted by atomic mass is 35.5. The maximum atomic E-state index is 13.7. The molecule has 0 atom stereocenters. The normalized spacial score (nSPS) is 12.2. The third-order valence-electron chi connectivity index (χ3n) is 9.07. The molecule has 1 saturated carbocycles. The minimum atomic E-state index is -4.66.